The first kappa shape index (κ1) is 14.4. The number of halogens is 2. The van der Waals surface area contributed by atoms with Gasteiger partial charge in [0.2, 0.25) is 0 Å². The Hall–Kier alpha value is -1.00. The lowest BCUT2D eigenvalue weighted by atomic mass is 10.0. The molecule has 0 heterocycles. The van der Waals surface area contributed by atoms with E-state index in [0.29, 0.717) is 12.1 Å². The lowest BCUT2D eigenvalue weighted by Gasteiger charge is -2.24. The first-order valence-electron chi connectivity index (χ1n) is 6.95. The number of hydrogen-bond donors (Lipinski definition) is 1. The molecule has 2 N–H and O–H groups in total. The van der Waals surface area contributed by atoms with Gasteiger partial charge in [0.25, 0.3) is 0 Å². The van der Waals surface area contributed by atoms with Crippen molar-refractivity contribution in [3.63, 3.8) is 0 Å². The van der Waals surface area contributed by atoms with Crippen molar-refractivity contribution in [2.45, 2.75) is 31.7 Å². The van der Waals surface area contributed by atoms with Crippen molar-refractivity contribution in [1.82, 2.24) is 4.90 Å². The predicted molar refractivity (Wildman–Crippen MR) is 72.7 cm³/mol. The zero-order chi connectivity index (χ0) is 13.8. The Kier molecular flexibility index (Phi) is 4.88. The fourth-order valence-electron chi connectivity index (χ4n) is 2.94. The molecule has 1 aromatic rings. The maximum Gasteiger partial charge on any atom is 0.130 e. The summed E-state index contributed by atoms with van der Waals surface area (Å²) in [7, 11) is 2.01. The molecule has 1 fully saturated rings. The lowest BCUT2D eigenvalue weighted by molar-refractivity contribution is 0.262. The molecule has 1 saturated carbocycles. The van der Waals surface area contributed by atoms with Crippen molar-refractivity contribution in [3.8, 4) is 0 Å². The molecule has 1 aromatic carbocycles. The number of benzene rings is 1. The molecule has 0 saturated heterocycles. The van der Waals surface area contributed by atoms with Gasteiger partial charge in [0, 0.05) is 30.8 Å². The van der Waals surface area contributed by atoms with Crippen molar-refractivity contribution in [3.05, 3.63) is 35.4 Å². The van der Waals surface area contributed by atoms with Gasteiger partial charge in [0.15, 0.2) is 0 Å². The largest absolute Gasteiger partial charge is 0.323 e. The van der Waals surface area contributed by atoms with Crippen LogP contribution < -0.4 is 5.73 Å². The van der Waals surface area contributed by atoms with Crippen LogP contribution in [-0.4, -0.2) is 25.0 Å². The monoisotopic (exact) mass is 268 g/mol. The van der Waals surface area contributed by atoms with E-state index in [9.17, 15) is 8.78 Å². The van der Waals surface area contributed by atoms with Crippen LogP contribution in [0.2, 0.25) is 0 Å². The van der Waals surface area contributed by atoms with E-state index in [0.717, 1.165) is 18.5 Å². The zero-order valence-electron chi connectivity index (χ0n) is 11.4. The molecule has 2 rings (SSSR count). The highest BCUT2D eigenvalue weighted by Gasteiger charge is 2.19. The van der Waals surface area contributed by atoms with Crippen LogP contribution in [0.1, 0.15) is 37.3 Å². The number of nitrogens with two attached hydrogens (primary N) is 1. The fourth-order valence-corrected chi connectivity index (χ4v) is 2.94. The van der Waals surface area contributed by atoms with Crippen LogP contribution in [0.25, 0.3) is 0 Å². The molecular weight excluding hydrogens is 246 g/mol. The number of nitrogens with zero attached hydrogens (tertiary/aromatic N) is 1. The van der Waals surface area contributed by atoms with Crippen LogP contribution in [0.3, 0.4) is 0 Å². The van der Waals surface area contributed by atoms with E-state index in [-0.39, 0.29) is 0 Å². The van der Waals surface area contributed by atoms with Gasteiger partial charge >= 0.3 is 0 Å². The fraction of sp³-hybridized carbons (Fsp3) is 0.600. The van der Waals surface area contributed by atoms with E-state index in [1.807, 2.05) is 7.05 Å². The number of likely N-dealkylation sites (N-methyl/N-ethyl adjacent to an activating group) is 1. The van der Waals surface area contributed by atoms with Crippen molar-refractivity contribution in [2.75, 3.05) is 20.1 Å². The summed E-state index contributed by atoms with van der Waals surface area (Å²) in [6, 6.07) is 3.19. The predicted octanol–water partition coefficient (Wildman–Crippen LogP) is 3.09. The average molecular weight is 268 g/mol. The smallest absolute Gasteiger partial charge is 0.130 e. The second-order valence-corrected chi connectivity index (χ2v) is 5.64. The van der Waals surface area contributed by atoms with E-state index < -0.39 is 17.7 Å². The van der Waals surface area contributed by atoms with Gasteiger partial charge in [-0.15, -0.1) is 0 Å². The van der Waals surface area contributed by atoms with Gasteiger partial charge in [-0.1, -0.05) is 18.9 Å². The van der Waals surface area contributed by atoms with Gasteiger partial charge in [-0.2, -0.15) is 0 Å². The molecule has 1 atom stereocenters. The van der Waals surface area contributed by atoms with Crippen molar-refractivity contribution >= 4 is 0 Å². The standard InChI is InChI=1S/C15H22F2N2/c1-19(9-11-4-2-3-5-11)10-15(18)13-7-6-12(16)8-14(13)17/h6-8,11,15H,2-5,9-10,18H2,1H3. The highest BCUT2D eigenvalue weighted by Crippen LogP contribution is 2.25. The van der Waals surface area contributed by atoms with E-state index in [1.54, 1.807) is 0 Å². The molecular formula is C15H22F2N2. The SMILES string of the molecule is CN(CC1CCCC1)CC(N)c1ccc(F)cc1F. The molecule has 0 amide bonds. The average Bonchev–Trinajstić information content (AvgIpc) is 2.81. The van der Waals surface area contributed by atoms with Gasteiger partial charge in [-0.05, 0) is 31.9 Å². The summed E-state index contributed by atoms with van der Waals surface area (Å²) in [6.07, 6.45) is 5.20. The van der Waals surface area contributed by atoms with E-state index in [4.69, 9.17) is 5.73 Å². The van der Waals surface area contributed by atoms with Crippen LogP contribution in [-0.2, 0) is 0 Å². The molecule has 0 bridgehead atoms. The summed E-state index contributed by atoms with van der Waals surface area (Å²) >= 11 is 0. The highest BCUT2D eigenvalue weighted by molar-refractivity contribution is 5.22. The first-order valence-corrected chi connectivity index (χ1v) is 6.95. The Morgan fingerprint density at radius 3 is 2.63 bits per heavy atom. The molecule has 1 unspecified atom stereocenters. The van der Waals surface area contributed by atoms with Crippen molar-refractivity contribution in [1.29, 1.82) is 0 Å². The van der Waals surface area contributed by atoms with E-state index >= 15 is 0 Å². The van der Waals surface area contributed by atoms with Crippen LogP contribution in [0, 0.1) is 17.6 Å². The van der Waals surface area contributed by atoms with Gasteiger partial charge in [-0.25, -0.2) is 8.78 Å². The van der Waals surface area contributed by atoms with Gasteiger partial charge in [-0.3, -0.25) is 0 Å². The molecule has 0 aliphatic heterocycles. The minimum absolute atomic E-state index is 0.389. The van der Waals surface area contributed by atoms with Crippen molar-refractivity contribution in [2.24, 2.45) is 11.7 Å². The topological polar surface area (TPSA) is 29.3 Å². The minimum Gasteiger partial charge on any atom is -0.323 e. The molecule has 2 nitrogen and oxygen atoms in total. The molecule has 1 aliphatic carbocycles. The summed E-state index contributed by atoms with van der Waals surface area (Å²) in [5.41, 5.74) is 6.41. The van der Waals surface area contributed by atoms with Crippen LogP contribution >= 0.6 is 0 Å². The second-order valence-electron chi connectivity index (χ2n) is 5.64. The third-order valence-electron chi connectivity index (χ3n) is 3.91. The summed E-state index contributed by atoms with van der Waals surface area (Å²) in [6.45, 7) is 1.61. The second kappa shape index (κ2) is 6.44. The molecule has 0 spiro atoms. The van der Waals surface area contributed by atoms with E-state index in [1.165, 1.54) is 37.8 Å². The summed E-state index contributed by atoms with van der Waals surface area (Å²) < 4.78 is 26.5. The maximum atomic E-state index is 13.6. The van der Waals surface area contributed by atoms with Crippen LogP contribution in [0.5, 0.6) is 0 Å². The summed E-state index contributed by atoms with van der Waals surface area (Å²) in [5, 5.41) is 0. The van der Waals surface area contributed by atoms with Crippen LogP contribution in [0.15, 0.2) is 18.2 Å². The summed E-state index contributed by atoms with van der Waals surface area (Å²) in [5.74, 6) is -0.371. The molecule has 0 radical (unpaired) electrons. The van der Waals surface area contributed by atoms with E-state index in [2.05, 4.69) is 4.90 Å². The zero-order valence-corrected chi connectivity index (χ0v) is 11.4. The Morgan fingerprint density at radius 1 is 1.32 bits per heavy atom. The molecule has 0 aromatic heterocycles. The summed E-state index contributed by atoms with van der Waals surface area (Å²) in [4.78, 5) is 2.16. The van der Waals surface area contributed by atoms with Crippen LogP contribution in [0.4, 0.5) is 8.78 Å². The van der Waals surface area contributed by atoms with Gasteiger partial charge < -0.3 is 10.6 Å². The molecule has 106 valence electrons. The quantitative estimate of drug-likeness (QED) is 0.889. The van der Waals surface area contributed by atoms with Gasteiger partial charge in [0.1, 0.15) is 11.6 Å². The Labute approximate surface area is 113 Å². The minimum atomic E-state index is -0.562. The third kappa shape index (κ3) is 3.98. The lowest BCUT2D eigenvalue weighted by Crippen LogP contribution is -2.32. The molecule has 1 aliphatic rings. The highest BCUT2D eigenvalue weighted by atomic mass is 19.1. The Bertz CT molecular complexity index is 417. The first-order chi connectivity index (χ1) is 9.06. The van der Waals surface area contributed by atoms with Crippen molar-refractivity contribution < 1.29 is 8.78 Å². The Balaban J connectivity index is 1.90. The van der Waals surface area contributed by atoms with Gasteiger partial charge in [0.05, 0.1) is 0 Å². The molecule has 19 heavy (non-hydrogen) atoms. The normalized spacial score (nSPS) is 18.2. The Morgan fingerprint density at radius 2 is 2.00 bits per heavy atom. The third-order valence-corrected chi connectivity index (χ3v) is 3.91. The maximum absolute atomic E-state index is 13.6. The number of hydrogen-bond acceptors (Lipinski definition) is 2. The molecule has 4 heteroatoms. The number of rotatable bonds is 5.